The Kier molecular flexibility index (Phi) is 5.65. The number of nitrogens with zero attached hydrogens (tertiary/aromatic N) is 3. The lowest BCUT2D eigenvalue weighted by atomic mass is 9.98. The van der Waals surface area contributed by atoms with Crippen molar-refractivity contribution in [2.24, 2.45) is 0 Å². The molecule has 0 bridgehead atoms. The Labute approximate surface area is 162 Å². The van der Waals surface area contributed by atoms with Gasteiger partial charge < -0.3 is 4.90 Å². The molecule has 4 nitrogen and oxygen atoms in total. The van der Waals surface area contributed by atoms with Gasteiger partial charge in [-0.2, -0.15) is 0 Å². The lowest BCUT2D eigenvalue weighted by molar-refractivity contribution is 0.0633. The molecule has 1 aromatic carbocycles. The zero-order valence-corrected chi connectivity index (χ0v) is 16.8. The molecule has 0 radical (unpaired) electrons. The smallest absolute Gasteiger partial charge is 0.265 e. The fourth-order valence-electron chi connectivity index (χ4n) is 2.88. The van der Waals surface area contributed by atoms with Crippen LogP contribution in [-0.2, 0) is 12.0 Å². The van der Waals surface area contributed by atoms with Crippen molar-refractivity contribution in [3.63, 3.8) is 0 Å². The van der Waals surface area contributed by atoms with Gasteiger partial charge in [0.05, 0.1) is 11.2 Å². The maximum Gasteiger partial charge on any atom is 0.265 e. The Morgan fingerprint density at radius 2 is 1.96 bits per heavy atom. The summed E-state index contributed by atoms with van der Waals surface area (Å²) in [4.78, 5) is 21.9. The standard InChI is InChI=1S/C19H23ClFN3OS/c1-19(2,3)18-22-11-16(26-18)17(25)24-8-6-23(7-9-24)12-13-4-5-14(21)10-15(13)20/h4-5,10-11H,6-9,12H2,1-3H3. The average molecular weight is 396 g/mol. The van der Waals surface area contributed by atoms with Crippen LogP contribution in [0.2, 0.25) is 5.02 Å². The zero-order chi connectivity index (χ0) is 18.9. The van der Waals surface area contributed by atoms with Gasteiger partial charge in [-0.3, -0.25) is 9.69 Å². The van der Waals surface area contributed by atoms with Crippen LogP contribution < -0.4 is 0 Å². The number of aromatic nitrogens is 1. The van der Waals surface area contributed by atoms with E-state index in [2.05, 4.69) is 30.7 Å². The van der Waals surface area contributed by atoms with Crippen LogP contribution >= 0.6 is 22.9 Å². The van der Waals surface area contributed by atoms with Gasteiger partial charge in [0.1, 0.15) is 10.7 Å². The second-order valence-corrected chi connectivity index (χ2v) is 9.02. The van der Waals surface area contributed by atoms with Crippen LogP contribution in [0.1, 0.15) is 41.0 Å². The molecule has 3 rings (SSSR count). The topological polar surface area (TPSA) is 36.4 Å². The van der Waals surface area contributed by atoms with Gasteiger partial charge in [0.25, 0.3) is 5.91 Å². The summed E-state index contributed by atoms with van der Waals surface area (Å²) in [5.41, 5.74) is 0.862. The fourth-order valence-corrected chi connectivity index (χ4v) is 4.04. The molecular weight excluding hydrogens is 373 g/mol. The van der Waals surface area contributed by atoms with Gasteiger partial charge in [0.2, 0.25) is 0 Å². The van der Waals surface area contributed by atoms with Gasteiger partial charge in [0.15, 0.2) is 0 Å². The van der Waals surface area contributed by atoms with E-state index in [1.165, 1.54) is 23.5 Å². The highest BCUT2D eigenvalue weighted by atomic mass is 35.5. The normalized spacial score (nSPS) is 16.1. The lowest BCUT2D eigenvalue weighted by Crippen LogP contribution is -2.48. The third kappa shape index (κ3) is 4.42. The average Bonchev–Trinajstić information content (AvgIpc) is 3.08. The molecule has 1 fully saturated rings. The Morgan fingerprint density at radius 1 is 1.27 bits per heavy atom. The van der Waals surface area contributed by atoms with Crippen LogP contribution in [0, 0.1) is 5.82 Å². The van der Waals surface area contributed by atoms with Crippen LogP contribution in [0.4, 0.5) is 4.39 Å². The summed E-state index contributed by atoms with van der Waals surface area (Å²) in [6.45, 7) is 9.82. The van der Waals surface area contributed by atoms with Crippen LogP contribution in [0.15, 0.2) is 24.4 Å². The number of thiazole rings is 1. The summed E-state index contributed by atoms with van der Waals surface area (Å²) in [6, 6.07) is 4.49. The first-order valence-corrected chi connectivity index (χ1v) is 9.85. The molecule has 0 saturated carbocycles. The van der Waals surface area contributed by atoms with Crippen molar-refractivity contribution < 1.29 is 9.18 Å². The van der Waals surface area contributed by atoms with Gasteiger partial charge in [-0.05, 0) is 17.7 Å². The molecule has 0 unspecified atom stereocenters. The molecule has 0 spiro atoms. The zero-order valence-electron chi connectivity index (χ0n) is 15.3. The van der Waals surface area contributed by atoms with E-state index in [0.717, 1.165) is 23.7 Å². The van der Waals surface area contributed by atoms with Crippen molar-refractivity contribution in [2.45, 2.75) is 32.7 Å². The van der Waals surface area contributed by atoms with E-state index in [9.17, 15) is 9.18 Å². The molecule has 1 saturated heterocycles. The van der Waals surface area contributed by atoms with Crippen molar-refractivity contribution in [1.29, 1.82) is 0 Å². The van der Waals surface area contributed by atoms with E-state index in [0.29, 0.717) is 29.5 Å². The van der Waals surface area contributed by atoms with Gasteiger partial charge in [-0.1, -0.05) is 38.4 Å². The van der Waals surface area contributed by atoms with E-state index >= 15 is 0 Å². The second kappa shape index (κ2) is 7.62. The molecule has 1 amide bonds. The number of hydrogen-bond acceptors (Lipinski definition) is 4. The SMILES string of the molecule is CC(C)(C)c1ncc(C(=O)N2CCN(Cc3ccc(F)cc3Cl)CC2)s1. The summed E-state index contributed by atoms with van der Waals surface area (Å²) in [5, 5.41) is 1.42. The lowest BCUT2D eigenvalue weighted by Gasteiger charge is -2.34. The first-order valence-electron chi connectivity index (χ1n) is 8.66. The van der Waals surface area contributed by atoms with Gasteiger partial charge >= 0.3 is 0 Å². The number of rotatable bonds is 3. The minimum atomic E-state index is -0.326. The van der Waals surface area contributed by atoms with E-state index in [-0.39, 0.29) is 17.1 Å². The van der Waals surface area contributed by atoms with E-state index < -0.39 is 0 Å². The monoisotopic (exact) mass is 395 g/mol. The third-order valence-corrected chi connectivity index (χ3v) is 6.19. The maximum absolute atomic E-state index is 13.2. The molecule has 7 heteroatoms. The molecule has 140 valence electrons. The fraction of sp³-hybridized carbons (Fsp3) is 0.474. The summed E-state index contributed by atoms with van der Waals surface area (Å²) < 4.78 is 13.2. The number of amides is 1. The minimum Gasteiger partial charge on any atom is -0.335 e. The first kappa shape index (κ1) is 19.3. The van der Waals surface area contributed by atoms with Crippen molar-refractivity contribution in [3.05, 3.63) is 50.7 Å². The highest BCUT2D eigenvalue weighted by molar-refractivity contribution is 7.13. The number of carbonyl (C=O) groups excluding carboxylic acids is 1. The minimum absolute atomic E-state index is 0.0453. The Morgan fingerprint density at radius 3 is 2.54 bits per heavy atom. The number of hydrogen-bond donors (Lipinski definition) is 0. The van der Waals surface area contributed by atoms with Gasteiger partial charge in [0, 0.05) is 43.2 Å². The Balaban J connectivity index is 1.58. The molecule has 0 atom stereocenters. The Hall–Kier alpha value is -1.50. The molecule has 1 aliphatic rings. The quantitative estimate of drug-likeness (QED) is 0.781. The number of piperazine rings is 1. The van der Waals surface area contributed by atoms with Gasteiger partial charge in [-0.25, -0.2) is 9.37 Å². The third-order valence-electron chi connectivity index (χ3n) is 4.43. The van der Waals surface area contributed by atoms with E-state index in [1.807, 2.05) is 4.90 Å². The van der Waals surface area contributed by atoms with Crippen LogP contribution in [0.3, 0.4) is 0 Å². The van der Waals surface area contributed by atoms with Crippen molar-refractivity contribution in [2.75, 3.05) is 26.2 Å². The van der Waals surface area contributed by atoms with E-state index in [1.54, 1.807) is 12.3 Å². The summed E-state index contributed by atoms with van der Waals surface area (Å²) in [6.07, 6.45) is 1.69. The van der Waals surface area contributed by atoms with Crippen molar-refractivity contribution in [3.8, 4) is 0 Å². The highest BCUT2D eigenvalue weighted by Crippen LogP contribution is 2.28. The summed E-state index contributed by atoms with van der Waals surface area (Å²) >= 11 is 7.59. The van der Waals surface area contributed by atoms with Crippen molar-refractivity contribution in [1.82, 2.24) is 14.8 Å². The first-order chi connectivity index (χ1) is 12.2. The molecule has 1 aromatic heterocycles. The molecular formula is C19H23ClFN3OS. The largest absolute Gasteiger partial charge is 0.335 e. The second-order valence-electron chi connectivity index (χ2n) is 7.58. The van der Waals surface area contributed by atoms with Crippen LogP contribution in [-0.4, -0.2) is 46.9 Å². The van der Waals surface area contributed by atoms with Crippen molar-refractivity contribution >= 4 is 28.8 Å². The van der Waals surface area contributed by atoms with E-state index in [4.69, 9.17) is 11.6 Å². The Bertz CT molecular complexity index is 794. The molecule has 2 aromatic rings. The number of carbonyl (C=O) groups is 1. The molecule has 1 aliphatic heterocycles. The molecule has 0 N–H and O–H groups in total. The molecule has 0 aliphatic carbocycles. The highest BCUT2D eigenvalue weighted by Gasteiger charge is 2.26. The predicted octanol–water partition coefficient (Wildman–Crippen LogP) is 4.19. The molecule has 26 heavy (non-hydrogen) atoms. The maximum atomic E-state index is 13.2. The summed E-state index contributed by atoms with van der Waals surface area (Å²) in [7, 11) is 0. The van der Waals surface area contributed by atoms with Crippen LogP contribution in [0.25, 0.3) is 0 Å². The van der Waals surface area contributed by atoms with Gasteiger partial charge in [-0.15, -0.1) is 11.3 Å². The van der Waals surface area contributed by atoms with Crippen LogP contribution in [0.5, 0.6) is 0 Å². The summed E-state index contributed by atoms with van der Waals surface area (Å²) in [5.74, 6) is -0.272. The molecule has 2 heterocycles. The number of benzene rings is 1. The predicted molar refractivity (Wildman–Crippen MR) is 103 cm³/mol. The number of halogens is 2.